The quantitative estimate of drug-likeness (QED) is 0.837. The van der Waals surface area contributed by atoms with E-state index in [0.717, 1.165) is 44.7 Å². The normalized spacial score (nSPS) is 22.8. The topological polar surface area (TPSA) is 30.3 Å². The molecule has 112 valence electrons. The van der Waals surface area contributed by atoms with Crippen LogP contribution in [0, 0.1) is 17.1 Å². The number of anilines is 1. The highest BCUT2D eigenvalue weighted by Gasteiger charge is 2.39. The van der Waals surface area contributed by atoms with Gasteiger partial charge >= 0.3 is 0 Å². The molecular weight excluding hydrogens is 265 g/mol. The van der Waals surface area contributed by atoms with Crippen LogP contribution in [0.3, 0.4) is 0 Å². The molecule has 0 unspecified atom stereocenters. The third-order valence-corrected chi connectivity index (χ3v) is 4.97. The fourth-order valence-electron chi connectivity index (χ4n) is 3.68. The van der Waals surface area contributed by atoms with Gasteiger partial charge in [0.15, 0.2) is 0 Å². The standard InChI is InChI=1S/C17H22FN3/c18-15-4-6-16(7-5-15)20-10-12-21(13-11-20)17(14-19)8-2-1-3-9-17/h4-7H,1-3,8-13H2. The summed E-state index contributed by atoms with van der Waals surface area (Å²) in [4.78, 5) is 4.66. The molecule has 1 saturated carbocycles. The van der Waals surface area contributed by atoms with E-state index in [9.17, 15) is 9.65 Å². The molecule has 1 aromatic carbocycles. The predicted octanol–water partition coefficient (Wildman–Crippen LogP) is 3.17. The Balaban J connectivity index is 1.64. The third kappa shape index (κ3) is 2.89. The number of hydrogen-bond acceptors (Lipinski definition) is 3. The smallest absolute Gasteiger partial charge is 0.123 e. The second-order valence-electron chi connectivity index (χ2n) is 6.15. The lowest BCUT2D eigenvalue weighted by Gasteiger charge is -2.46. The maximum atomic E-state index is 13.0. The second-order valence-corrected chi connectivity index (χ2v) is 6.15. The molecule has 2 fully saturated rings. The monoisotopic (exact) mass is 287 g/mol. The molecule has 0 bridgehead atoms. The highest BCUT2D eigenvalue weighted by Crippen LogP contribution is 2.34. The number of rotatable bonds is 2. The van der Waals surface area contributed by atoms with Crippen molar-refractivity contribution < 1.29 is 4.39 Å². The minimum atomic E-state index is -0.229. The van der Waals surface area contributed by atoms with E-state index in [-0.39, 0.29) is 11.4 Å². The molecule has 4 heteroatoms. The van der Waals surface area contributed by atoms with Crippen LogP contribution in [0.4, 0.5) is 10.1 Å². The van der Waals surface area contributed by atoms with Crippen LogP contribution < -0.4 is 4.90 Å². The average Bonchev–Trinajstić information content (AvgIpc) is 2.56. The Kier molecular flexibility index (Phi) is 4.12. The van der Waals surface area contributed by atoms with Crippen LogP contribution in [-0.2, 0) is 0 Å². The van der Waals surface area contributed by atoms with Crippen molar-refractivity contribution in [1.29, 1.82) is 5.26 Å². The maximum Gasteiger partial charge on any atom is 0.123 e. The molecule has 2 aliphatic rings. The SMILES string of the molecule is N#CC1(N2CCN(c3ccc(F)cc3)CC2)CCCCC1. The molecule has 3 nitrogen and oxygen atoms in total. The minimum absolute atomic E-state index is 0.192. The van der Waals surface area contributed by atoms with Gasteiger partial charge in [-0.05, 0) is 37.1 Å². The molecule has 0 N–H and O–H groups in total. The number of hydrogen-bond donors (Lipinski definition) is 0. The first-order valence-corrected chi connectivity index (χ1v) is 7.90. The highest BCUT2D eigenvalue weighted by atomic mass is 19.1. The zero-order valence-electron chi connectivity index (χ0n) is 12.4. The van der Waals surface area contributed by atoms with Crippen LogP contribution in [0.15, 0.2) is 24.3 Å². The lowest BCUT2D eigenvalue weighted by Crippen LogP contribution is -2.57. The molecule has 3 rings (SSSR count). The number of halogens is 1. The molecule has 1 heterocycles. The van der Waals surface area contributed by atoms with Crippen LogP contribution in [0.25, 0.3) is 0 Å². The molecule has 0 aromatic heterocycles. The fraction of sp³-hybridized carbons (Fsp3) is 0.588. The molecule has 21 heavy (non-hydrogen) atoms. The zero-order chi connectivity index (χ0) is 14.7. The number of benzene rings is 1. The number of nitriles is 1. The Morgan fingerprint density at radius 3 is 2.14 bits per heavy atom. The average molecular weight is 287 g/mol. The summed E-state index contributed by atoms with van der Waals surface area (Å²) in [6.07, 6.45) is 5.64. The van der Waals surface area contributed by atoms with Crippen LogP contribution in [0.1, 0.15) is 32.1 Å². The van der Waals surface area contributed by atoms with Gasteiger partial charge in [0.05, 0.1) is 6.07 Å². The van der Waals surface area contributed by atoms with Crippen molar-refractivity contribution in [3.63, 3.8) is 0 Å². The zero-order valence-corrected chi connectivity index (χ0v) is 12.4. The van der Waals surface area contributed by atoms with E-state index in [1.807, 2.05) is 12.1 Å². The third-order valence-electron chi connectivity index (χ3n) is 4.97. The van der Waals surface area contributed by atoms with Crippen LogP contribution in [0.5, 0.6) is 0 Å². The summed E-state index contributed by atoms with van der Waals surface area (Å²) >= 11 is 0. The van der Waals surface area contributed by atoms with Crippen molar-refractivity contribution in [3.8, 4) is 6.07 Å². The van der Waals surface area contributed by atoms with Crippen molar-refractivity contribution >= 4 is 5.69 Å². The second kappa shape index (κ2) is 6.03. The summed E-state index contributed by atoms with van der Waals surface area (Å²) < 4.78 is 13.0. The summed E-state index contributed by atoms with van der Waals surface area (Å²) in [5.41, 5.74) is 0.846. The summed E-state index contributed by atoms with van der Waals surface area (Å²) in [5.74, 6) is -0.192. The van der Waals surface area contributed by atoms with Gasteiger partial charge in [0.25, 0.3) is 0 Å². The Hall–Kier alpha value is -1.60. The molecule has 0 radical (unpaired) electrons. The van der Waals surface area contributed by atoms with Gasteiger partial charge in [0.2, 0.25) is 0 Å². The van der Waals surface area contributed by atoms with Gasteiger partial charge in [-0.2, -0.15) is 5.26 Å². The summed E-state index contributed by atoms with van der Waals surface area (Å²) in [5, 5.41) is 9.66. The first kappa shape index (κ1) is 14.3. The van der Waals surface area contributed by atoms with E-state index in [1.54, 1.807) is 0 Å². The van der Waals surface area contributed by atoms with Crippen LogP contribution in [0.2, 0.25) is 0 Å². The number of nitrogens with zero attached hydrogens (tertiary/aromatic N) is 3. The van der Waals surface area contributed by atoms with E-state index in [1.165, 1.54) is 31.4 Å². The fourth-order valence-corrected chi connectivity index (χ4v) is 3.68. The number of piperazine rings is 1. The van der Waals surface area contributed by atoms with Gasteiger partial charge in [0.1, 0.15) is 11.4 Å². The Bertz CT molecular complexity index is 506. The summed E-state index contributed by atoms with van der Waals surface area (Å²) in [7, 11) is 0. The first-order chi connectivity index (χ1) is 10.2. The molecule has 1 saturated heterocycles. The highest BCUT2D eigenvalue weighted by molar-refractivity contribution is 5.46. The Morgan fingerprint density at radius 2 is 1.57 bits per heavy atom. The predicted molar refractivity (Wildman–Crippen MR) is 81.6 cm³/mol. The minimum Gasteiger partial charge on any atom is -0.369 e. The van der Waals surface area contributed by atoms with Gasteiger partial charge < -0.3 is 4.90 Å². The van der Waals surface area contributed by atoms with Crippen LogP contribution in [-0.4, -0.2) is 36.6 Å². The van der Waals surface area contributed by atoms with Crippen LogP contribution >= 0.6 is 0 Å². The molecule has 0 atom stereocenters. The van der Waals surface area contributed by atoms with E-state index >= 15 is 0 Å². The summed E-state index contributed by atoms with van der Waals surface area (Å²) in [6, 6.07) is 9.31. The molecule has 1 aliphatic carbocycles. The Morgan fingerprint density at radius 1 is 0.952 bits per heavy atom. The summed E-state index contributed by atoms with van der Waals surface area (Å²) in [6.45, 7) is 3.67. The van der Waals surface area contributed by atoms with Gasteiger partial charge in [-0.1, -0.05) is 19.3 Å². The van der Waals surface area contributed by atoms with Crippen molar-refractivity contribution in [2.45, 2.75) is 37.6 Å². The van der Waals surface area contributed by atoms with Crippen molar-refractivity contribution in [3.05, 3.63) is 30.1 Å². The molecule has 0 amide bonds. The van der Waals surface area contributed by atoms with Crippen molar-refractivity contribution in [2.75, 3.05) is 31.1 Å². The molecule has 0 spiro atoms. The van der Waals surface area contributed by atoms with E-state index in [0.29, 0.717) is 0 Å². The van der Waals surface area contributed by atoms with E-state index < -0.39 is 0 Å². The lowest BCUT2D eigenvalue weighted by atomic mass is 9.81. The maximum absolute atomic E-state index is 13.0. The van der Waals surface area contributed by atoms with E-state index in [4.69, 9.17) is 0 Å². The first-order valence-electron chi connectivity index (χ1n) is 7.90. The van der Waals surface area contributed by atoms with Gasteiger partial charge in [-0.3, -0.25) is 4.90 Å². The van der Waals surface area contributed by atoms with Crippen molar-refractivity contribution in [2.24, 2.45) is 0 Å². The van der Waals surface area contributed by atoms with Gasteiger partial charge in [0, 0.05) is 31.9 Å². The van der Waals surface area contributed by atoms with Crippen molar-refractivity contribution in [1.82, 2.24) is 4.90 Å². The molecule has 1 aromatic rings. The van der Waals surface area contributed by atoms with Gasteiger partial charge in [-0.25, -0.2) is 4.39 Å². The molecule has 1 aliphatic heterocycles. The Labute approximate surface area is 126 Å². The lowest BCUT2D eigenvalue weighted by molar-refractivity contribution is 0.0913. The van der Waals surface area contributed by atoms with Gasteiger partial charge in [-0.15, -0.1) is 0 Å². The van der Waals surface area contributed by atoms with E-state index in [2.05, 4.69) is 15.9 Å². The largest absolute Gasteiger partial charge is 0.369 e. The molecular formula is C17H22FN3.